The number of anilines is 9. The average molecular weight is 1070 g/mol. The van der Waals surface area contributed by atoms with Gasteiger partial charge >= 0.3 is 0 Å². The number of aromatic nitrogens is 2. The third kappa shape index (κ3) is 7.09. The Bertz CT molecular complexity index is 4730. The molecule has 3 heterocycles. The molecule has 5 nitrogen and oxygen atoms in total. The van der Waals surface area contributed by atoms with E-state index in [0.29, 0.717) is 0 Å². The predicted octanol–water partition coefficient (Wildman–Crippen LogP) is 21.0. The van der Waals surface area contributed by atoms with Crippen LogP contribution in [0.1, 0.15) is 22.3 Å². The van der Waals surface area contributed by atoms with E-state index in [1.54, 1.807) is 0 Å². The first kappa shape index (κ1) is 47.6. The maximum absolute atomic E-state index is 2.51. The third-order valence-corrected chi connectivity index (χ3v) is 17.6. The lowest BCUT2D eigenvalue weighted by atomic mass is 9.64. The first-order valence-corrected chi connectivity index (χ1v) is 28.9. The van der Waals surface area contributed by atoms with Crippen LogP contribution in [-0.2, 0) is 5.41 Å². The van der Waals surface area contributed by atoms with Crippen molar-refractivity contribution in [3.05, 3.63) is 344 Å². The first-order valence-electron chi connectivity index (χ1n) is 28.9. The molecule has 15 aromatic rings. The quantitative estimate of drug-likeness (QED) is 0.144. The normalized spacial score (nSPS) is 12.8. The molecule has 1 aliphatic carbocycles. The van der Waals surface area contributed by atoms with Crippen molar-refractivity contribution in [3.8, 4) is 22.5 Å². The Morgan fingerprint density at radius 1 is 0.226 bits per heavy atom. The van der Waals surface area contributed by atoms with E-state index in [-0.39, 0.29) is 0 Å². The molecule has 0 amide bonds. The summed E-state index contributed by atoms with van der Waals surface area (Å²) in [6.07, 6.45) is 0. The maximum atomic E-state index is 2.51. The molecule has 1 spiro atoms. The van der Waals surface area contributed by atoms with Crippen LogP contribution in [0, 0.1) is 0 Å². The number of nitrogens with zero attached hydrogens (tertiary/aromatic N) is 5. The smallest absolute Gasteiger partial charge is 0.0755 e. The molecule has 0 N–H and O–H groups in total. The standard InChI is InChI=1S/C79H53N5/c1-6-24-54(25-7-1)80(59-44-48-75-67(50-59)65-34-16-20-38-73(65)82(75)56-28-10-3-11-29-56)61-42-46-63-64-47-43-62(53-72(64)79(71(63)52-61)69-36-18-22-40-77(69)84(58-32-14-5-15-33-58)78-41-23-19-37-70(78)79)81(55-26-8-2-9-27-55)60-45-49-76-68(51-60)66-35-17-21-39-74(66)83(76)57-30-12-4-13-31-57/h1-53H. The van der Waals surface area contributed by atoms with Crippen molar-refractivity contribution < 1.29 is 0 Å². The molecule has 84 heavy (non-hydrogen) atoms. The zero-order valence-corrected chi connectivity index (χ0v) is 45.8. The topological polar surface area (TPSA) is 19.6 Å². The molecule has 2 aromatic heterocycles. The third-order valence-electron chi connectivity index (χ3n) is 17.6. The molecular weight excluding hydrogens is 1020 g/mol. The summed E-state index contributed by atoms with van der Waals surface area (Å²) in [5, 5.41) is 4.83. The number of rotatable bonds is 9. The number of benzene rings is 13. The molecule has 5 heteroatoms. The minimum atomic E-state index is -0.764. The van der Waals surface area contributed by atoms with Gasteiger partial charge in [-0.3, -0.25) is 0 Å². The summed E-state index contributed by atoms with van der Waals surface area (Å²) in [5.41, 5.74) is 23.5. The van der Waals surface area contributed by atoms with Crippen LogP contribution in [0.5, 0.6) is 0 Å². The molecule has 0 bridgehead atoms. The Morgan fingerprint density at radius 3 is 1.00 bits per heavy atom. The highest BCUT2D eigenvalue weighted by atomic mass is 15.2. The van der Waals surface area contributed by atoms with Gasteiger partial charge in [0.05, 0.1) is 38.9 Å². The molecule has 0 atom stereocenters. The number of hydrogen-bond acceptors (Lipinski definition) is 3. The molecule has 0 radical (unpaired) electrons. The minimum Gasteiger partial charge on any atom is -0.310 e. The van der Waals surface area contributed by atoms with Gasteiger partial charge in [0, 0.05) is 72.7 Å². The zero-order valence-electron chi connectivity index (χ0n) is 45.8. The fraction of sp³-hybridized carbons (Fsp3) is 0.0127. The number of fused-ring (bicyclic) bond motifs is 15. The lowest BCUT2D eigenvalue weighted by molar-refractivity contribution is 0.752. The molecule has 13 aromatic carbocycles. The van der Waals surface area contributed by atoms with Crippen molar-refractivity contribution >= 4 is 94.8 Å². The molecule has 0 fully saturated rings. The summed E-state index contributed by atoms with van der Waals surface area (Å²) in [7, 11) is 0. The largest absolute Gasteiger partial charge is 0.310 e. The van der Waals surface area contributed by atoms with Crippen molar-refractivity contribution in [2.45, 2.75) is 5.41 Å². The predicted molar refractivity (Wildman–Crippen MR) is 350 cm³/mol. The fourth-order valence-electron chi connectivity index (χ4n) is 14.2. The summed E-state index contributed by atoms with van der Waals surface area (Å²) in [5.74, 6) is 0. The Balaban J connectivity index is 0.911. The Morgan fingerprint density at radius 2 is 0.560 bits per heavy atom. The highest BCUT2D eigenvalue weighted by molar-refractivity contribution is 6.12. The van der Waals surface area contributed by atoms with Gasteiger partial charge < -0.3 is 23.8 Å². The molecule has 2 aliphatic rings. The van der Waals surface area contributed by atoms with Crippen molar-refractivity contribution in [1.82, 2.24) is 9.13 Å². The van der Waals surface area contributed by atoms with Crippen LogP contribution in [0.25, 0.3) is 66.1 Å². The van der Waals surface area contributed by atoms with Crippen LogP contribution >= 0.6 is 0 Å². The molecule has 394 valence electrons. The summed E-state index contributed by atoms with van der Waals surface area (Å²) in [4.78, 5) is 7.38. The van der Waals surface area contributed by atoms with Gasteiger partial charge in [-0.1, -0.05) is 176 Å². The zero-order chi connectivity index (χ0) is 55.3. The van der Waals surface area contributed by atoms with Crippen LogP contribution in [0.4, 0.5) is 51.2 Å². The van der Waals surface area contributed by atoms with Gasteiger partial charge in [-0.05, 0) is 179 Å². The van der Waals surface area contributed by atoms with E-state index >= 15 is 0 Å². The van der Waals surface area contributed by atoms with E-state index < -0.39 is 5.41 Å². The highest BCUT2D eigenvalue weighted by Crippen LogP contribution is 2.65. The molecule has 0 saturated heterocycles. The summed E-state index contributed by atoms with van der Waals surface area (Å²) in [6.45, 7) is 0. The number of hydrogen-bond donors (Lipinski definition) is 0. The van der Waals surface area contributed by atoms with Crippen LogP contribution in [0.15, 0.2) is 322 Å². The second kappa shape index (κ2) is 19.0. The second-order valence-electron chi connectivity index (χ2n) is 22.0. The fourth-order valence-corrected chi connectivity index (χ4v) is 14.2. The van der Waals surface area contributed by atoms with Crippen LogP contribution in [-0.4, -0.2) is 9.13 Å². The van der Waals surface area contributed by atoms with E-state index in [4.69, 9.17) is 0 Å². The van der Waals surface area contributed by atoms with Gasteiger partial charge in [0.2, 0.25) is 0 Å². The second-order valence-corrected chi connectivity index (χ2v) is 22.0. The van der Waals surface area contributed by atoms with E-state index in [0.717, 1.165) is 62.6 Å². The van der Waals surface area contributed by atoms with Gasteiger partial charge in [0.25, 0.3) is 0 Å². The maximum Gasteiger partial charge on any atom is 0.0755 e. The van der Waals surface area contributed by atoms with E-state index in [1.807, 2.05) is 0 Å². The SMILES string of the molecule is c1ccc(N(c2ccc3c(c2)C2(c4cc(N(c5ccccc5)c5ccc6c(c5)c5ccccc5n6-c5ccccc5)ccc4-3)c3ccccc3N(c3ccccc3)c3ccccc32)c2ccc3c(c2)c2ccccc2n3-c2ccccc2)cc1. The lowest BCUT2D eigenvalue weighted by Crippen LogP contribution is -2.36. The van der Waals surface area contributed by atoms with E-state index in [1.165, 1.54) is 77.0 Å². The van der Waals surface area contributed by atoms with Gasteiger partial charge in [0.15, 0.2) is 0 Å². The monoisotopic (exact) mass is 1070 g/mol. The van der Waals surface area contributed by atoms with Gasteiger partial charge in [-0.15, -0.1) is 0 Å². The van der Waals surface area contributed by atoms with Crippen LogP contribution in [0.2, 0.25) is 0 Å². The van der Waals surface area contributed by atoms with Crippen LogP contribution in [0.3, 0.4) is 0 Å². The summed E-state index contributed by atoms with van der Waals surface area (Å²) >= 11 is 0. The molecule has 1 aliphatic heterocycles. The van der Waals surface area contributed by atoms with Crippen molar-refractivity contribution in [2.24, 2.45) is 0 Å². The van der Waals surface area contributed by atoms with E-state index in [9.17, 15) is 0 Å². The average Bonchev–Trinajstić information content (AvgIpc) is 1.88. The Kier molecular flexibility index (Phi) is 10.8. The Hall–Kier alpha value is -11.1. The summed E-state index contributed by atoms with van der Waals surface area (Å²) < 4.78 is 4.79. The lowest BCUT2D eigenvalue weighted by Gasteiger charge is -2.45. The van der Waals surface area contributed by atoms with Gasteiger partial charge in [0.1, 0.15) is 0 Å². The van der Waals surface area contributed by atoms with Crippen molar-refractivity contribution in [3.63, 3.8) is 0 Å². The molecule has 17 rings (SSSR count). The molecule has 0 unspecified atom stereocenters. The molecular formula is C79H53N5. The Labute approximate surface area is 487 Å². The van der Waals surface area contributed by atoms with Gasteiger partial charge in [-0.2, -0.15) is 0 Å². The van der Waals surface area contributed by atoms with Crippen molar-refractivity contribution in [1.29, 1.82) is 0 Å². The molecule has 0 saturated carbocycles. The van der Waals surface area contributed by atoms with Crippen molar-refractivity contribution in [2.75, 3.05) is 14.7 Å². The minimum absolute atomic E-state index is 0.764. The summed E-state index contributed by atoms with van der Waals surface area (Å²) in [6, 6.07) is 118. The van der Waals surface area contributed by atoms with Crippen LogP contribution < -0.4 is 14.7 Å². The van der Waals surface area contributed by atoms with Gasteiger partial charge in [-0.25, -0.2) is 0 Å². The number of para-hydroxylation sites is 9. The first-order chi connectivity index (χ1) is 41.7. The van der Waals surface area contributed by atoms with E-state index in [2.05, 4.69) is 345 Å². The highest BCUT2D eigenvalue weighted by Gasteiger charge is 2.52.